The molecule has 0 aliphatic carbocycles. The molecular formula is C16H21N5O3S. The van der Waals surface area contributed by atoms with Crippen molar-refractivity contribution in [2.24, 2.45) is 0 Å². The first-order valence-electron chi connectivity index (χ1n) is 8.08. The molecule has 0 aromatic carbocycles. The van der Waals surface area contributed by atoms with Crippen LogP contribution in [0.2, 0.25) is 0 Å². The van der Waals surface area contributed by atoms with E-state index in [1.54, 1.807) is 11.3 Å². The number of piperazine rings is 1. The van der Waals surface area contributed by atoms with Gasteiger partial charge in [-0.1, -0.05) is 5.16 Å². The van der Waals surface area contributed by atoms with Crippen molar-refractivity contribution in [3.63, 3.8) is 0 Å². The maximum Gasteiger partial charge on any atom is 0.314 e. The molecule has 1 unspecified atom stereocenters. The number of amides is 2. The lowest BCUT2D eigenvalue weighted by Crippen LogP contribution is -2.49. The van der Waals surface area contributed by atoms with Crippen molar-refractivity contribution >= 4 is 29.0 Å². The highest BCUT2D eigenvalue weighted by atomic mass is 32.1. The standard InChI is InChI=1S/C16H21N5O3S/c1-20-4-6-21(7-5-20)13(12-3-9-25-11-12)10-17-15(22)16(23)18-14-2-8-24-19-14/h2-3,8-9,11,13H,4-7,10H2,1H3,(H,17,22)(H,18,19,23). The van der Waals surface area contributed by atoms with E-state index in [-0.39, 0.29) is 11.9 Å². The van der Waals surface area contributed by atoms with Crippen LogP contribution in [0.15, 0.2) is 33.7 Å². The minimum Gasteiger partial charge on any atom is -0.363 e. The van der Waals surface area contributed by atoms with Crippen LogP contribution in [0.5, 0.6) is 0 Å². The molecule has 3 heterocycles. The fraction of sp³-hybridized carbons (Fsp3) is 0.438. The van der Waals surface area contributed by atoms with Crippen LogP contribution in [0, 0.1) is 0 Å². The molecule has 2 aromatic heterocycles. The maximum absolute atomic E-state index is 12.1. The van der Waals surface area contributed by atoms with Gasteiger partial charge in [-0.2, -0.15) is 11.3 Å². The highest BCUT2D eigenvalue weighted by Crippen LogP contribution is 2.23. The molecule has 8 nitrogen and oxygen atoms in total. The Morgan fingerprint density at radius 2 is 2.08 bits per heavy atom. The van der Waals surface area contributed by atoms with E-state index in [2.05, 4.69) is 48.6 Å². The maximum atomic E-state index is 12.1. The molecule has 1 fully saturated rings. The number of carbonyl (C=O) groups excluding carboxylic acids is 2. The van der Waals surface area contributed by atoms with Gasteiger partial charge in [0, 0.05) is 38.8 Å². The molecule has 3 rings (SSSR count). The Morgan fingerprint density at radius 1 is 1.28 bits per heavy atom. The van der Waals surface area contributed by atoms with Gasteiger partial charge in [-0.3, -0.25) is 19.8 Å². The topological polar surface area (TPSA) is 90.7 Å². The van der Waals surface area contributed by atoms with Crippen molar-refractivity contribution in [2.45, 2.75) is 6.04 Å². The molecule has 2 N–H and O–H groups in total. The number of aromatic nitrogens is 1. The summed E-state index contributed by atoms with van der Waals surface area (Å²) in [6, 6.07) is 3.60. The molecule has 134 valence electrons. The minimum atomic E-state index is -0.753. The average Bonchev–Trinajstić information content (AvgIpc) is 3.30. The van der Waals surface area contributed by atoms with E-state index >= 15 is 0 Å². The summed E-state index contributed by atoms with van der Waals surface area (Å²) in [6.07, 6.45) is 1.33. The van der Waals surface area contributed by atoms with E-state index in [0.29, 0.717) is 6.54 Å². The van der Waals surface area contributed by atoms with E-state index in [9.17, 15) is 9.59 Å². The summed E-state index contributed by atoms with van der Waals surface area (Å²) in [5.74, 6) is -1.22. The van der Waals surface area contributed by atoms with Crippen LogP contribution < -0.4 is 10.6 Å². The lowest BCUT2D eigenvalue weighted by molar-refractivity contribution is -0.136. The monoisotopic (exact) mass is 363 g/mol. The van der Waals surface area contributed by atoms with Gasteiger partial charge in [-0.15, -0.1) is 0 Å². The summed E-state index contributed by atoms with van der Waals surface area (Å²) in [4.78, 5) is 28.6. The average molecular weight is 363 g/mol. The second-order valence-electron chi connectivity index (χ2n) is 5.96. The SMILES string of the molecule is CN1CCN(C(CNC(=O)C(=O)Nc2ccon2)c2ccsc2)CC1. The predicted octanol–water partition coefficient (Wildman–Crippen LogP) is 0.779. The summed E-state index contributed by atoms with van der Waals surface area (Å²) in [5.41, 5.74) is 1.16. The zero-order chi connectivity index (χ0) is 17.6. The number of rotatable bonds is 5. The third-order valence-corrected chi connectivity index (χ3v) is 4.95. The zero-order valence-corrected chi connectivity index (χ0v) is 14.8. The molecular weight excluding hydrogens is 342 g/mol. The van der Waals surface area contributed by atoms with Gasteiger partial charge in [0.2, 0.25) is 0 Å². The van der Waals surface area contributed by atoms with Gasteiger partial charge in [0.15, 0.2) is 5.82 Å². The largest absolute Gasteiger partial charge is 0.363 e. The molecule has 1 aliphatic rings. The smallest absolute Gasteiger partial charge is 0.314 e. The number of likely N-dealkylation sites (N-methyl/N-ethyl adjacent to an activating group) is 1. The summed E-state index contributed by atoms with van der Waals surface area (Å²) < 4.78 is 4.62. The fourth-order valence-electron chi connectivity index (χ4n) is 2.78. The van der Waals surface area contributed by atoms with Gasteiger partial charge < -0.3 is 14.7 Å². The van der Waals surface area contributed by atoms with E-state index in [1.165, 1.54) is 12.3 Å². The molecule has 25 heavy (non-hydrogen) atoms. The van der Waals surface area contributed by atoms with Crippen LogP contribution in [0.4, 0.5) is 5.82 Å². The summed E-state index contributed by atoms with van der Waals surface area (Å²) >= 11 is 1.63. The van der Waals surface area contributed by atoms with E-state index < -0.39 is 11.8 Å². The quantitative estimate of drug-likeness (QED) is 0.763. The predicted molar refractivity (Wildman–Crippen MR) is 94.3 cm³/mol. The first-order valence-corrected chi connectivity index (χ1v) is 9.02. The van der Waals surface area contributed by atoms with Crippen LogP contribution in [0.1, 0.15) is 11.6 Å². The Hall–Kier alpha value is -2.23. The van der Waals surface area contributed by atoms with Crippen molar-refractivity contribution in [1.82, 2.24) is 20.3 Å². The molecule has 0 radical (unpaired) electrons. The number of hydrogen-bond acceptors (Lipinski definition) is 7. The Kier molecular flexibility index (Phi) is 5.79. The van der Waals surface area contributed by atoms with Crippen LogP contribution >= 0.6 is 11.3 Å². The second kappa shape index (κ2) is 8.24. The van der Waals surface area contributed by atoms with Gasteiger partial charge in [-0.25, -0.2) is 0 Å². The number of anilines is 1. The fourth-order valence-corrected chi connectivity index (χ4v) is 3.48. The zero-order valence-electron chi connectivity index (χ0n) is 14.0. The number of thiophene rings is 1. The molecule has 1 atom stereocenters. The van der Waals surface area contributed by atoms with Crippen molar-refractivity contribution < 1.29 is 14.1 Å². The third kappa shape index (κ3) is 4.65. The van der Waals surface area contributed by atoms with Crippen molar-refractivity contribution in [3.8, 4) is 0 Å². The molecule has 1 aliphatic heterocycles. The Balaban J connectivity index is 1.58. The molecule has 2 aromatic rings. The van der Waals surface area contributed by atoms with E-state index in [1.807, 2.05) is 5.38 Å². The van der Waals surface area contributed by atoms with Crippen LogP contribution in [-0.2, 0) is 9.59 Å². The summed E-state index contributed by atoms with van der Waals surface area (Å²) in [7, 11) is 2.10. The first-order chi connectivity index (χ1) is 12.1. The molecule has 0 saturated carbocycles. The van der Waals surface area contributed by atoms with E-state index in [0.717, 1.165) is 31.7 Å². The lowest BCUT2D eigenvalue weighted by Gasteiger charge is -2.37. The van der Waals surface area contributed by atoms with Gasteiger partial charge in [-0.05, 0) is 29.4 Å². The first kappa shape index (κ1) is 17.6. The third-order valence-electron chi connectivity index (χ3n) is 4.25. The van der Waals surface area contributed by atoms with Crippen molar-refractivity contribution in [1.29, 1.82) is 0 Å². The Morgan fingerprint density at radius 3 is 2.72 bits per heavy atom. The number of carbonyl (C=O) groups is 2. The Bertz CT molecular complexity index is 681. The number of nitrogens with one attached hydrogen (secondary N) is 2. The molecule has 0 bridgehead atoms. The van der Waals surface area contributed by atoms with Gasteiger partial charge in [0.1, 0.15) is 6.26 Å². The van der Waals surface area contributed by atoms with Gasteiger partial charge in [0.05, 0.1) is 6.04 Å². The number of nitrogens with zero attached hydrogens (tertiary/aromatic N) is 3. The number of hydrogen-bond donors (Lipinski definition) is 2. The summed E-state index contributed by atoms with van der Waals surface area (Å²) in [6.45, 7) is 4.21. The normalized spacial score (nSPS) is 17.2. The van der Waals surface area contributed by atoms with Gasteiger partial charge >= 0.3 is 11.8 Å². The molecule has 1 saturated heterocycles. The van der Waals surface area contributed by atoms with E-state index in [4.69, 9.17) is 0 Å². The molecule has 9 heteroatoms. The highest BCUT2D eigenvalue weighted by Gasteiger charge is 2.25. The van der Waals surface area contributed by atoms with Crippen LogP contribution in [-0.4, -0.2) is 66.5 Å². The van der Waals surface area contributed by atoms with Crippen molar-refractivity contribution in [2.75, 3.05) is 45.1 Å². The van der Waals surface area contributed by atoms with Crippen molar-refractivity contribution in [3.05, 3.63) is 34.7 Å². The van der Waals surface area contributed by atoms with Crippen LogP contribution in [0.25, 0.3) is 0 Å². The minimum absolute atomic E-state index is 0.0590. The second-order valence-corrected chi connectivity index (χ2v) is 6.74. The van der Waals surface area contributed by atoms with Gasteiger partial charge in [0.25, 0.3) is 0 Å². The lowest BCUT2D eigenvalue weighted by atomic mass is 10.1. The molecule has 0 spiro atoms. The Labute approximate surface area is 149 Å². The summed E-state index contributed by atoms with van der Waals surface area (Å²) in [5, 5.41) is 12.8. The highest BCUT2D eigenvalue weighted by molar-refractivity contribution is 7.07. The molecule has 2 amide bonds. The van der Waals surface area contributed by atoms with Crippen LogP contribution in [0.3, 0.4) is 0 Å².